The molecule has 0 bridgehead atoms. The second kappa shape index (κ2) is 5.41. The molecule has 4 heteroatoms. The first-order valence-corrected chi connectivity index (χ1v) is 6.36. The smallest absolute Gasteiger partial charge is 0.0951 e. The summed E-state index contributed by atoms with van der Waals surface area (Å²) in [5.74, 6) is 1.12. The zero-order valence-corrected chi connectivity index (χ0v) is 9.92. The molecular formula is C10H19N3S. The van der Waals surface area contributed by atoms with Gasteiger partial charge >= 0.3 is 0 Å². The summed E-state index contributed by atoms with van der Waals surface area (Å²) in [5.41, 5.74) is 7.01. The lowest BCUT2D eigenvalue weighted by Crippen LogP contribution is -2.17. The summed E-state index contributed by atoms with van der Waals surface area (Å²) in [6.07, 6.45) is 7.01. The molecule has 2 N–H and O–H groups in total. The highest BCUT2D eigenvalue weighted by Crippen LogP contribution is 2.21. The van der Waals surface area contributed by atoms with E-state index < -0.39 is 0 Å². The monoisotopic (exact) mass is 213 g/mol. The molecule has 3 nitrogen and oxygen atoms in total. The predicted molar refractivity (Wildman–Crippen MR) is 62.5 cm³/mol. The van der Waals surface area contributed by atoms with Crippen molar-refractivity contribution in [3.63, 3.8) is 0 Å². The summed E-state index contributed by atoms with van der Waals surface area (Å²) in [7, 11) is 0. The van der Waals surface area contributed by atoms with Crippen molar-refractivity contribution in [3.8, 4) is 0 Å². The van der Waals surface area contributed by atoms with Crippen LogP contribution in [0.25, 0.3) is 0 Å². The quantitative estimate of drug-likeness (QED) is 0.815. The van der Waals surface area contributed by atoms with Gasteiger partial charge < -0.3 is 10.3 Å². The molecule has 0 saturated carbocycles. The van der Waals surface area contributed by atoms with Gasteiger partial charge in [0.05, 0.1) is 12.0 Å². The molecule has 0 aliphatic carbocycles. The third-order valence-electron chi connectivity index (χ3n) is 2.39. The molecule has 0 radical (unpaired) electrons. The Bertz CT molecular complexity index is 270. The molecule has 0 saturated heterocycles. The van der Waals surface area contributed by atoms with Crippen molar-refractivity contribution >= 4 is 11.8 Å². The summed E-state index contributed by atoms with van der Waals surface area (Å²) in [5, 5.41) is 0. The Morgan fingerprint density at radius 3 is 2.86 bits per heavy atom. The molecule has 80 valence electrons. The molecule has 2 atom stereocenters. The first kappa shape index (κ1) is 11.6. The van der Waals surface area contributed by atoms with Crippen molar-refractivity contribution in [3.05, 3.63) is 18.2 Å². The first-order valence-electron chi connectivity index (χ1n) is 4.96. The van der Waals surface area contributed by atoms with Gasteiger partial charge in [0.15, 0.2) is 0 Å². The maximum Gasteiger partial charge on any atom is 0.0951 e. The molecule has 14 heavy (non-hydrogen) atoms. The number of rotatable bonds is 5. The number of imidazole rings is 1. The molecule has 0 fully saturated rings. The van der Waals surface area contributed by atoms with Crippen molar-refractivity contribution < 1.29 is 0 Å². The highest BCUT2D eigenvalue weighted by molar-refractivity contribution is 7.98. The summed E-state index contributed by atoms with van der Waals surface area (Å²) >= 11 is 1.86. The van der Waals surface area contributed by atoms with Crippen molar-refractivity contribution in [1.29, 1.82) is 0 Å². The number of nitrogens with zero attached hydrogens (tertiary/aromatic N) is 2. The van der Waals surface area contributed by atoms with Gasteiger partial charge in [-0.05, 0) is 19.6 Å². The van der Waals surface area contributed by atoms with E-state index in [1.54, 1.807) is 0 Å². The Labute approximate surface area is 90.1 Å². The minimum atomic E-state index is 0.0633. The fourth-order valence-corrected chi connectivity index (χ4v) is 2.34. The largest absolute Gasteiger partial charge is 0.329 e. The topological polar surface area (TPSA) is 43.8 Å². The SMILES string of the molecule is CCC(CSC)n1cncc1[C@@H](C)N. The second-order valence-electron chi connectivity index (χ2n) is 3.53. The number of hydrogen-bond donors (Lipinski definition) is 1. The van der Waals surface area contributed by atoms with Gasteiger partial charge in [-0.2, -0.15) is 11.8 Å². The van der Waals surface area contributed by atoms with E-state index in [1.165, 1.54) is 0 Å². The van der Waals surface area contributed by atoms with E-state index in [2.05, 4.69) is 22.7 Å². The van der Waals surface area contributed by atoms with Crippen LogP contribution in [0.1, 0.15) is 38.0 Å². The molecular weight excluding hydrogens is 194 g/mol. The Balaban J connectivity index is 2.86. The average molecular weight is 213 g/mol. The second-order valence-corrected chi connectivity index (χ2v) is 4.44. The molecule has 1 unspecified atom stereocenters. The summed E-state index contributed by atoms with van der Waals surface area (Å²) in [6.45, 7) is 4.20. The molecule has 0 aliphatic heterocycles. The van der Waals surface area contributed by atoms with Crippen LogP contribution in [0.5, 0.6) is 0 Å². The third kappa shape index (κ3) is 2.51. The van der Waals surface area contributed by atoms with E-state index in [-0.39, 0.29) is 6.04 Å². The maximum atomic E-state index is 5.88. The van der Waals surface area contributed by atoms with Crippen molar-refractivity contribution in [2.45, 2.75) is 32.4 Å². The van der Waals surface area contributed by atoms with Crippen LogP contribution in [-0.4, -0.2) is 21.6 Å². The molecule has 1 rings (SSSR count). The zero-order valence-electron chi connectivity index (χ0n) is 9.10. The van der Waals surface area contributed by atoms with Crippen LogP contribution in [0.2, 0.25) is 0 Å². The molecule has 0 aliphatic rings. The van der Waals surface area contributed by atoms with Crippen LogP contribution in [0, 0.1) is 0 Å². The van der Waals surface area contributed by atoms with E-state index in [9.17, 15) is 0 Å². The van der Waals surface area contributed by atoms with Crippen molar-refractivity contribution in [2.24, 2.45) is 5.73 Å². The Morgan fingerprint density at radius 1 is 1.64 bits per heavy atom. The van der Waals surface area contributed by atoms with Crippen molar-refractivity contribution in [1.82, 2.24) is 9.55 Å². The standard InChI is InChI=1S/C10H19N3S/c1-4-9(6-14-3)13-7-12-5-10(13)8(2)11/h5,7-9H,4,6,11H2,1-3H3/t8-,9?/m1/s1. The number of hydrogen-bond acceptors (Lipinski definition) is 3. The Morgan fingerprint density at radius 2 is 2.36 bits per heavy atom. The van der Waals surface area contributed by atoms with Crippen molar-refractivity contribution in [2.75, 3.05) is 12.0 Å². The highest BCUT2D eigenvalue weighted by atomic mass is 32.2. The van der Waals surface area contributed by atoms with Crippen LogP contribution in [-0.2, 0) is 0 Å². The summed E-state index contributed by atoms with van der Waals surface area (Å²) < 4.78 is 2.21. The fraction of sp³-hybridized carbons (Fsp3) is 0.700. The van der Waals surface area contributed by atoms with Crippen LogP contribution < -0.4 is 5.73 Å². The minimum Gasteiger partial charge on any atom is -0.329 e. The van der Waals surface area contributed by atoms with Gasteiger partial charge in [0.25, 0.3) is 0 Å². The lowest BCUT2D eigenvalue weighted by atomic mass is 10.2. The van der Waals surface area contributed by atoms with Gasteiger partial charge in [-0.3, -0.25) is 0 Å². The summed E-state index contributed by atoms with van der Waals surface area (Å²) in [6, 6.07) is 0.585. The van der Waals surface area contributed by atoms with Gasteiger partial charge in [0.1, 0.15) is 0 Å². The van der Waals surface area contributed by atoms with Gasteiger partial charge in [-0.25, -0.2) is 4.98 Å². The van der Waals surface area contributed by atoms with Gasteiger partial charge in [0.2, 0.25) is 0 Å². The highest BCUT2D eigenvalue weighted by Gasteiger charge is 2.13. The van der Waals surface area contributed by atoms with Gasteiger partial charge in [-0.15, -0.1) is 0 Å². The van der Waals surface area contributed by atoms with E-state index in [0.29, 0.717) is 6.04 Å². The zero-order chi connectivity index (χ0) is 10.6. The maximum absolute atomic E-state index is 5.88. The van der Waals surface area contributed by atoms with Gasteiger partial charge in [-0.1, -0.05) is 6.92 Å². The lowest BCUT2D eigenvalue weighted by Gasteiger charge is -2.19. The van der Waals surface area contributed by atoms with Gasteiger partial charge in [0, 0.05) is 24.0 Å². The number of thioether (sulfide) groups is 1. The number of nitrogens with two attached hydrogens (primary N) is 1. The molecule has 0 spiro atoms. The van der Waals surface area contributed by atoms with E-state index in [4.69, 9.17) is 5.73 Å². The molecule has 1 aromatic heterocycles. The predicted octanol–water partition coefficient (Wildman–Crippen LogP) is 2.22. The average Bonchev–Trinajstić information content (AvgIpc) is 2.62. The van der Waals surface area contributed by atoms with E-state index in [0.717, 1.165) is 17.9 Å². The Kier molecular flexibility index (Phi) is 4.48. The molecule has 1 aromatic rings. The lowest BCUT2D eigenvalue weighted by molar-refractivity contribution is 0.507. The molecule has 1 heterocycles. The minimum absolute atomic E-state index is 0.0633. The normalized spacial score (nSPS) is 15.4. The first-order chi connectivity index (χ1) is 6.70. The third-order valence-corrected chi connectivity index (χ3v) is 3.10. The van der Waals surface area contributed by atoms with Crippen LogP contribution in [0.4, 0.5) is 0 Å². The molecule has 0 amide bonds. The fourth-order valence-electron chi connectivity index (χ4n) is 1.56. The van der Waals surface area contributed by atoms with E-state index >= 15 is 0 Å². The molecule has 0 aromatic carbocycles. The number of aromatic nitrogens is 2. The summed E-state index contributed by atoms with van der Waals surface area (Å²) in [4.78, 5) is 4.17. The Hall–Kier alpha value is -0.480. The van der Waals surface area contributed by atoms with E-state index in [1.807, 2.05) is 31.2 Å². The van der Waals surface area contributed by atoms with Crippen LogP contribution >= 0.6 is 11.8 Å². The van der Waals surface area contributed by atoms with Crippen LogP contribution in [0.15, 0.2) is 12.5 Å². The van der Waals surface area contributed by atoms with Crippen LogP contribution in [0.3, 0.4) is 0 Å².